The SMILES string of the molecule is C/C=C(\C)C(O[Si](C)(C)C(C)(C)C)C(C)C(C/C=C(\C)C(=O)NC(CC(C)C)C(=O)NC(C)C(=O)N(C)C(Cc1ccc(Cl)cc1)C(=O)N(C)CC(=O)NC(C(=O)OCC(Cl)(Cl)Cl)C(C)CC)OCSC. The van der Waals surface area contributed by atoms with E-state index >= 15 is 0 Å². The molecule has 3 N–H and O–H groups in total. The van der Waals surface area contributed by atoms with Gasteiger partial charge < -0.3 is 39.6 Å². The van der Waals surface area contributed by atoms with Crippen LogP contribution < -0.4 is 16.0 Å². The van der Waals surface area contributed by atoms with Gasteiger partial charge in [0.15, 0.2) is 8.32 Å². The number of carbonyl (C=O) groups excluding carboxylic acids is 6. The van der Waals surface area contributed by atoms with Crippen molar-refractivity contribution >= 4 is 102 Å². The van der Waals surface area contributed by atoms with E-state index in [0.29, 0.717) is 34.9 Å². The van der Waals surface area contributed by atoms with Crippen molar-refractivity contribution in [3.63, 3.8) is 0 Å². The number of halogens is 4. The first-order valence-electron chi connectivity index (χ1n) is 24.2. The number of nitrogens with zero attached hydrogens (tertiary/aromatic N) is 2. The van der Waals surface area contributed by atoms with E-state index < -0.39 is 84.9 Å². The van der Waals surface area contributed by atoms with Gasteiger partial charge in [0.25, 0.3) is 0 Å². The van der Waals surface area contributed by atoms with Gasteiger partial charge in [-0.3, -0.25) is 24.0 Å². The zero-order chi connectivity index (χ0) is 54.8. The molecule has 1 rings (SSSR count). The molecule has 20 heteroatoms. The summed E-state index contributed by atoms with van der Waals surface area (Å²) >= 11 is 25.0. The minimum atomic E-state index is -2.17. The molecule has 0 aromatic heterocycles. The van der Waals surface area contributed by atoms with Gasteiger partial charge in [-0.25, -0.2) is 4.79 Å². The number of benzene rings is 1. The lowest BCUT2D eigenvalue weighted by Crippen LogP contribution is -2.57. The maximum Gasteiger partial charge on any atom is 0.329 e. The third-order valence-electron chi connectivity index (χ3n) is 13.0. The van der Waals surface area contributed by atoms with Crippen LogP contribution in [0.3, 0.4) is 0 Å². The molecule has 0 fully saturated rings. The van der Waals surface area contributed by atoms with Crippen molar-refractivity contribution < 1.29 is 42.7 Å². The quantitative estimate of drug-likeness (QED) is 0.0183. The standard InChI is InChI=1S/C51H83Cl4N5O9SSi/c1-18-32(5)43(49(66)67-29-51(53,54)55)58-42(61)28-59(13)48(65)40(27-37-21-23-38(52)24-22-37)60(14)47(64)36(9)56-46(63)39(26-31(3)4)57-45(62)34(7)20-25-41(68-30-70-15)35(8)44(33(6)19-2)69-71(16,17)50(10,11)12/h19-24,31-32,35-36,39-41,43-44H,18,25-30H2,1-17H3,(H,56,63)(H,57,62)(H,58,61)/b33-19+,34-20+. The number of rotatable bonds is 28. The molecule has 0 aliphatic heterocycles. The first-order valence-corrected chi connectivity index (χ1v) is 30.0. The Hall–Kier alpha value is -2.83. The normalized spacial score (nSPS) is 16.1. The lowest BCUT2D eigenvalue weighted by molar-refractivity contribution is -0.150. The number of esters is 1. The summed E-state index contributed by atoms with van der Waals surface area (Å²) in [6.45, 7) is 26.9. The second-order valence-corrected chi connectivity index (χ2v) is 29.0. The lowest BCUT2D eigenvalue weighted by Gasteiger charge is -2.42. The van der Waals surface area contributed by atoms with E-state index in [4.69, 9.17) is 60.3 Å². The number of allylic oxidation sites excluding steroid dienone is 1. The average molecular weight is 1110 g/mol. The Morgan fingerprint density at radius 2 is 1.49 bits per heavy atom. The second kappa shape index (κ2) is 30.5. The van der Waals surface area contributed by atoms with Gasteiger partial charge in [0.2, 0.25) is 33.3 Å². The zero-order valence-electron chi connectivity index (χ0n) is 45.1. The van der Waals surface area contributed by atoms with Crippen LogP contribution >= 0.6 is 58.2 Å². The Morgan fingerprint density at radius 1 is 0.901 bits per heavy atom. The summed E-state index contributed by atoms with van der Waals surface area (Å²) in [5.41, 5.74) is 2.19. The van der Waals surface area contributed by atoms with E-state index in [1.54, 1.807) is 49.9 Å². The number of likely N-dealkylation sites (N-methyl/N-ethyl adjacent to an activating group) is 2. The first-order chi connectivity index (χ1) is 32.7. The van der Waals surface area contributed by atoms with Gasteiger partial charge in [-0.15, -0.1) is 11.8 Å². The van der Waals surface area contributed by atoms with Gasteiger partial charge in [0.1, 0.15) is 30.8 Å². The molecule has 8 atom stereocenters. The minimum absolute atomic E-state index is 0.00253. The summed E-state index contributed by atoms with van der Waals surface area (Å²) in [6, 6.07) is 2.36. The maximum absolute atomic E-state index is 14.3. The van der Waals surface area contributed by atoms with Crippen LogP contribution in [0.1, 0.15) is 108 Å². The number of amides is 5. The summed E-state index contributed by atoms with van der Waals surface area (Å²) in [7, 11) is 0.672. The largest absolute Gasteiger partial charge is 0.460 e. The van der Waals surface area contributed by atoms with Crippen molar-refractivity contribution in [1.82, 2.24) is 25.8 Å². The minimum Gasteiger partial charge on any atom is -0.460 e. The van der Waals surface area contributed by atoms with Crippen LogP contribution in [0.15, 0.2) is 47.6 Å². The Balaban J connectivity index is 3.37. The first kappa shape index (κ1) is 66.2. The fourth-order valence-corrected chi connectivity index (χ4v) is 9.16. The van der Waals surface area contributed by atoms with Crippen molar-refractivity contribution in [3.8, 4) is 0 Å². The zero-order valence-corrected chi connectivity index (χ0v) is 49.9. The van der Waals surface area contributed by atoms with Gasteiger partial charge in [-0.2, -0.15) is 0 Å². The van der Waals surface area contributed by atoms with Gasteiger partial charge in [-0.1, -0.05) is 132 Å². The summed E-state index contributed by atoms with van der Waals surface area (Å²) in [5, 5.41) is 8.78. The molecule has 0 saturated heterocycles. The van der Waals surface area contributed by atoms with Crippen molar-refractivity contribution in [3.05, 3.63) is 58.1 Å². The summed E-state index contributed by atoms with van der Waals surface area (Å²) in [4.78, 5) is 85.0. The molecule has 404 valence electrons. The van der Waals surface area contributed by atoms with E-state index in [9.17, 15) is 28.8 Å². The number of hydrogen-bond acceptors (Lipinski definition) is 10. The van der Waals surface area contributed by atoms with E-state index in [-0.39, 0.29) is 47.8 Å². The number of alkyl halides is 3. The lowest BCUT2D eigenvalue weighted by atomic mass is 9.90. The van der Waals surface area contributed by atoms with Crippen LogP contribution in [0.5, 0.6) is 0 Å². The highest BCUT2D eigenvalue weighted by atomic mass is 35.6. The van der Waals surface area contributed by atoms with E-state index in [2.05, 4.69) is 69.7 Å². The molecule has 0 heterocycles. The molecule has 1 aromatic rings. The van der Waals surface area contributed by atoms with Gasteiger partial charge >= 0.3 is 5.97 Å². The molecule has 71 heavy (non-hydrogen) atoms. The molecule has 8 unspecified atom stereocenters. The number of hydrogen-bond donors (Lipinski definition) is 3. The average Bonchev–Trinajstić information content (AvgIpc) is 3.28. The maximum atomic E-state index is 14.3. The van der Waals surface area contributed by atoms with Crippen molar-refractivity contribution in [1.29, 1.82) is 0 Å². The third kappa shape index (κ3) is 22.7. The summed E-state index contributed by atoms with van der Waals surface area (Å²) in [5.74, 6) is -3.65. The molecule has 0 spiro atoms. The van der Waals surface area contributed by atoms with Crippen LogP contribution in [0, 0.1) is 17.8 Å². The predicted molar refractivity (Wildman–Crippen MR) is 293 cm³/mol. The molecule has 0 aliphatic carbocycles. The van der Waals surface area contributed by atoms with Crippen LogP contribution in [-0.2, 0) is 49.1 Å². The molecule has 5 amide bonds. The highest BCUT2D eigenvalue weighted by Gasteiger charge is 2.42. The van der Waals surface area contributed by atoms with Gasteiger partial charge in [-0.05, 0) is 100 Å². The summed E-state index contributed by atoms with van der Waals surface area (Å²) < 4.78 is 16.7. The number of thioether (sulfide) groups is 1. The molecule has 0 saturated carbocycles. The number of ether oxygens (including phenoxy) is 2. The molecule has 0 aliphatic rings. The Labute approximate surface area is 450 Å². The van der Waals surface area contributed by atoms with Gasteiger partial charge in [0, 0.05) is 37.0 Å². The molecule has 14 nitrogen and oxygen atoms in total. The van der Waals surface area contributed by atoms with Crippen LogP contribution in [0.4, 0.5) is 0 Å². The number of nitrogens with one attached hydrogen (secondary N) is 3. The van der Waals surface area contributed by atoms with Crippen molar-refractivity contribution in [2.45, 2.75) is 167 Å². The van der Waals surface area contributed by atoms with Crippen LogP contribution in [-0.4, -0.2) is 133 Å². The van der Waals surface area contributed by atoms with Crippen LogP contribution in [0.25, 0.3) is 0 Å². The van der Waals surface area contributed by atoms with Gasteiger partial charge in [0.05, 0.1) is 24.7 Å². The monoisotopic (exact) mass is 1110 g/mol. The van der Waals surface area contributed by atoms with Crippen molar-refractivity contribution in [2.24, 2.45) is 17.8 Å². The Morgan fingerprint density at radius 3 is 2.00 bits per heavy atom. The van der Waals surface area contributed by atoms with Crippen LogP contribution in [0.2, 0.25) is 23.2 Å². The predicted octanol–water partition coefficient (Wildman–Crippen LogP) is 9.68. The molecule has 0 radical (unpaired) electrons. The van der Waals surface area contributed by atoms with E-state index in [1.165, 1.54) is 25.9 Å². The summed E-state index contributed by atoms with van der Waals surface area (Å²) in [6.07, 6.45) is 6.65. The Kier molecular flexibility index (Phi) is 28.4. The third-order valence-corrected chi connectivity index (χ3v) is 18.4. The molecule has 0 bridgehead atoms. The second-order valence-electron chi connectivity index (χ2n) is 20.5. The fourth-order valence-electron chi connectivity index (χ4n) is 7.17. The molecular weight excluding hydrogens is 1030 g/mol. The Bertz CT molecular complexity index is 1980. The topological polar surface area (TPSA) is 173 Å². The highest BCUT2D eigenvalue weighted by molar-refractivity contribution is 7.98. The van der Waals surface area contributed by atoms with Crippen molar-refractivity contribution in [2.75, 3.05) is 39.4 Å². The molecular formula is C51H83Cl4N5O9SSi. The number of carbonyl (C=O) groups is 6. The van der Waals surface area contributed by atoms with E-state index in [0.717, 1.165) is 10.5 Å². The smallest absolute Gasteiger partial charge is 0.329 e. The molecule has 1 aromatic carbocycles. The van der Waals surface area contributed by atoms with E-state index in [1.807, 2.05) is 40.0 Å². The highest BCUT2D eigenvalue weighted by Crippen LogP contribution is 2.40. The fraction of sp³-hybridized carbons (Fsp3) is 0.686.